The van der Waals surface area contributed by atoms with E-state index in [0.29, 0.717) is 11.6 Å². The molecule has 0 saturated heterocycles. The molecule has 1 aromatic heterocycles. The lowest BCUT2D eigenvalue weighted by Crippen LogP contribution is -2.23. The lowest BCUT2D eigenvalue weighted by molar-refractivity contribution is 0.175. The molecule has 0 radical (unpaired) electrons. The molecule has 2 nitrogen and oxygen atoms in total. The number of rotatable bonds is 6. The van der Waals surface area contributed by atoms with Crippen LogP contribution in [0.3, 0.4) is 0 Å². The van der Waals surface area contributed by atoms with Crippen molar-refractivity contribution in [2.24, 2.45) is 0 Å². The van der Waals surface area contributed by atoms with Crippen LogP contribution in [0.2, 0.25) is 5.02 Å². The fourth-order valence-electron chi connectivity index (χ4n) is 1.74. The van der Waals surface area contributed by atoms with Gasteiger partial charge in [0, 0.05) is 23.0 Å². The summed E-state index contributed by atoms with van der Waals surface area (Å²) in [5.41, 5.74) is 0.885. The van der Waals surface area contributed by atoms with Crippen LogP contribution in [0.4, 0.5) is 0 Å². The zero-order valence-corrected chi connectivity index (χ0v) is 13.4. The van der Waals surface area contributed by atoms with E-state index in [1.165, 1.54) is 4.88 Å². The highest BCUT2D eigenvalue weighted by molar-refractivity contribution is 9.11. The van der Waals surface area contributed by atoms with E-state index in [9.17, 15) is 5.11 Å². The van der Waals surface area contributed by atoms with E-state index in [2.05, 4.69) is 33.4 Å². The van der Waals surface area contributed by atoms with E-state index in [-0.39, 0.29) is 0 Å². The lowest BCUT2D eigenvalue weighted by atomic mass is 10.1. The van der Waals surface area contributed by atoms with Crippen LogP contribution >= 0.6 is 38.9 Å². The monoisotopic (exact) mass is 359 g/mol. The summed E-state index contributed by atoms with van der Waals surface area (Å²) in [6.45, 7) is 1.41. The average molecular weight is 361 g/mol. The molecule has 0 aliphatic carbocycles. The first-order chi connectivity index (χ1) is 9.15. The van der Waals surface area contributed by atoms with Gasteiger partial charge in [0.2, 0.25) is 0 Å². The van der Waals surface area contributed by atoms with E-state index in [0.717, 1.165) is 22.3 Å². The van der Waals surface area contributed by atoms with Gasteiger partial charge in [0.25, 0.3) is 0 Å². The first-order valence-corrected chi connectivity index (χ1v) is 8.02. The van der Waals surface area contributed by atoms with Gasteiger partial charge in [-0.3, -0.25) is 0 Å². The number of thiophene rings is 1. The third kappa shape index (κ3) is 4.89. The number of hydrogen-bond donors (Lipinski definition) is 2. The van der Waals surface area contributed by atoms with Crippen LogP contribution in [0, 0.1) is 0 Å². The molecular weight excluding hydrogens is 346 g/mol. The Labute approximate surface area is 130 Å². The largest absolute Gasteiger partial charge is 0.387 e. The van der Waals surface area contributed by atoms with Crippen LogP contribution in [0.15, 0.2) is 40.2 Å². The average Bonchev–Trinajstić information content (AvgIpc) is 2.81. The topological polar surface area (TPSA) is 32.3 Å². The minimum Gasteiger partial charge on any atom is -0.387 e. The van der Waals surface area contributed by atoms with E-state index in [1.807, 2.05) is 12.1 Å². The van der Waals surface area contributed by atoms with E-state index in [4.69, 9.17) is 11.6 Å². The van der Waals surface area contributed by atoms with Crippen molar-refractivity contribution in [3.05, 3.63) is 55.6 Å². The van der Waals surface area contributed by atoms with Gasteiger partial charge >= 0.3 is 0 Å². The number of hydrogen-bond acceptors (Lipinski definition) is 3. The van der Waals surface area contributed by atoms with Gasteiger partial charge in [-0.05, 0) is 52.2 Å². The van der Waals surface area contributed by atoms with Gasteiger partial charge in [0.05, 0.1) is 9.89 Å². The van der Waals surface area contributed by atoms with Crippen molar-refractivity contribution in [1.82, 2.24) is 5.32 Å². The molecule has 102 valence electrons. The maximum atomic E-state index is 10.0. The molecule has 0 fully saturated rings. The zero-order valence-electron chi connectivity index (χ0n) is 10.3. The fraction of sp³-hybridized carbons (Fsp3) is 0.286. The Kier molecular flexibility index (Phi) is 5.85. The van der Waals surface area contributed by atoms with Gasteiger partial charge in [0.1, 0.15) is 0 Å². The first kappa shape index (κ1) is 15.0. The van der Waals surface area contributed by atoms with Crippen LogP contribution in [0.5, 0.6) is 0 Å². The Hall–Kier alpha value is -0.390. The summed E-state index contributed by atoms with van der Waals surface area (Å²) in [7, 11) is 0. The number of aliphatic hydroxyl groups is 1. The summed E-state index contributed by atoms with van der Waals surface area (Å²) in [5.74, 6) is 0. The van der Waals surface area contributed by atoms with Gasteiger partial charge in [-0.2, -0.15) is 0 Å². The Balaban J connectivity index is 1.72. The minimum absolute atomic E-state index is 0.493. The van der Waals surface area contributed by atoms with Crippen LogP contribution in [-0.2, 0) is 6.42 Å². The van der Waals surface area contributed by atoms with Gasteiger partial charge < -0.3 is 10.4 Å². The third-order valence-electron chi connectivity index (χ3n) is 2.77. The molecule has 2 N–H and O–H groups in total. The number of nitrogens with one attached hydrogen (secondary N) is 1. The molecule has 0 amide bonds. The zero-order chi connectivity index (χ0) is 13.7. The number of aliphatic hydroxyl groups excluding tert-OH is 1. The Morgan fingerprint density at radius 3 is 2.58 bits per heavy atom. The maximum absolute atomic E-state index is 10.0. The fourth-order valence-corrected chi connectivity index (χ4v) is 3.35. The summed E-state index contributed by atoms with van der Waals surface area (Å²) >= 11 is 11.0. The van der Waals surface area contributed by atoms with E-state index in [1.54, 1.807) is 23.5 Å². The second-order valence-corrected chi connectivity index (χ2v) is 7.21. The highest BCUT2D eigenvalue weighted by atomic mass is 79.9. The van der Waals surface area contributed by atoms with Gasteiger partial charge in [-0.25, -0.2) is 0 Å². The summed E-state index contributed by atoms with van der Waals surface area (Å²) in [4.78, 5) is 1.33. The molecule has 0 spiro atoms. The number of benzene rings is 1. The molecule has 0 aliphatic heterocycles. The van der Waals surface area contributed by atoms with E-state index >= 15 is 0 Å². The van der Waals surface area contributed by atoms with Crippen molar-refractivity contribution in [2.75, 3.05) is 13.1 Å². The second kappa shape index (κ2) is 7.41. The van der Waals surface area contributed by atoms with E-state index < -0.39 is 6.10 Å². The highest BCUT2D eigenvalue weighted by Crippen LogP contribution is 2.22. The molecule has 5 heteroatoms. The molecule has 19 heavy (non-hydrogen) atoms. The Morgan fingerprint density at radius 2 is 1.95 bits per heavy atom. The van der Waals surface area contributed by atoms with Crippen LogP contribution in [-0.4, -0.2) is 18.2 Å². The Morgan fingerprint density at radius 1 is 1.21 bits per heavy atom. The van der Waals surface area contributed by atoms with Crippen molar-refractivity contribution in [3.8, 4) is 0 Å². The first-order valence-electron chi connectivity index (χ1n) is 6.03. The van der Waals surface area contributed by atoms with Crippen molar-refractivity contribution in [3.63, 3.8) is 0 Å². The van der Waals surface area contributed by atoms with Crippen molar-refractivity contribution >= 4 is 38.9 Å². The lowest BCUT2D eigenvalue weighted by Gasteiger charge is -2.12. The molecule has 1 aromatic carbocycles. The van der Waals surface area contributed by atoms with Crippen LogP contribution in [0.1, 0.15) is 16.5 Å². The van der Waals surface area contributed by atoms with Crippen LogP contribution in [0.25, 0.3) is 0 Å². The molecule has 2 aromatic rings. The maximum Gasteiger partial charge on any atom is 0.0914 e. The molecule has 0 saturated carbocycles. The highest BCUT2D eigenvalue weighted by Gasteiger charge is 2.06. The third-order valence-corrected chi connectivity index (χ3v) is 4.70. The standard InChI is InChI=1S/C14H15BrClNOS/c15-14-6-5-12(19-14)7-8-17-9-13(18)10-1-3-11(16)4-2-10/h1-6,13,17-18H,7-9H2. The van der Waals surface area contributed by atoms with Crippen molar-refractivity contribution in [2.45, 2.75) is 12.5 Å². The molecule has 1 unspecified atom stereocenters. The summed E-state index contributed by atoms with van der Waals surface area (Å²) in [5, 5.41) is 14.0. The second-order valence-electron chi connectivity index (χ2n) is 4.23. The molecule has 2 rings (SSSR count). The molecule has 1 atom stereocenters. The molecule has 0 aliphatic rings. The molecular formula is C14H15BrClNOS. The molecule has 1 heterocycles. The Bertz CT molecular complexity index is 514. The van der Waals surface area contributed by atoms with Gasteiger partial charge in [-0.1, -0.05) is 23.7 Å². The number of halogens is 2. The predicted octanol–water partition coefficient (Wildman–Crippen LogP) is 4.03. The summed E-state index contributed by atoms with van der Waals surface area (Å²) in [6.07, 6.45) is 0.483. The summed E-state index contributed by atoms with van der Waals surface area (Å²) in [6, 6.07) is 11.5. The summed E-state index contributed by atoms with van der Waals surface area (Å²) < 4.78 is 1.16. The van der Waals surface area contributed by atoms with Crippen molar-refractivity contribution < 1.29 is 5.11 Å². The quantitative estimate of drug-likeness (QED) is 0.762. The normalized spacial score (nSPS) is 12.6. The minimum atomic E-state index is -0.493. The van der Waals surface area contributed by atoms with Gasteiger partial charge in [-0.15, -0.1) is 11.3 Å². The smallest absolute Gasteiger partial charge is 0.0914 e. The SMILES string of the molecule is OC(CNCCc1ccc(Br)s1)c1ccc(Cl)cc1. The van der Waals surface area contributed by atoms with Gasteiger partial charge in [0.15, 0.2) is 0 Å². The predicted molar refractivity (Wildman–Crippen MR) is 85.0 cm³/mol. The van der Waals surface area contributed by atoms with Crippen molar-refractivity contribution in [1.29, 1.82) is 0 Å². The molecule has 0 bridgehead atoms. The van der Waals surface area contributed by atoms with Crippen LogP contribution < -0.4 is 5.32 Å².